The summed E-state index contributed by atoms with van der Waals surface area (Å²) >= 11 is 8.02. The number of halogens is 1. The molecule has 4 bridgehead atoms. The first-order valence-electron chi connectivity index (χ1n) is 22.7. The van der Waals surface area contributed by atoms with Crippen LogP contribution in [0.1, 0.15) is 84.6 Å². The number of epoxide rings is 1. The Morgan fingerprint density at radius 2 is 1.81 bits per heavy atom. The average molecular weight is 975 g/mol. The molecule has 0 spiro atoms. The molecule has 6 rings (SSSR count). The van der Waals surface area contributed by atoms with E-state index in [1.165, 1.54) is 54.7 Å². The summed E-state index contributed by atoms with van der Waals surface area (Å²) in [7, 11) is 5.89. The molecule has 368 valence electrons. The number of fused-ring (bicyclic) bond motifs is 5. The predicted molar refractivity (Wildman–Crippen MR) is 248 cm³/mol. The van der Waals surface area contributed by atoms with E-state index in [4.69, 9.17) is 41.0 Å². The molecule has 4 fully saturated rings. The average Bonchev–Trinajstić information content (AvgIpc) is 3.91. The smallest absolute Gasteiger partial charge is 0.409 e. The standard InChI is InChI=1S/C47H64ClN5O13S/c1-25-10-9-11-35(63-8)47(61)23-33(64-45(60)50-47)26(2)41-46(4,66-41)36(22-38(55)52(6)31-19-29(18-25)20-32(62-7)40(31)48)65-44(59)27(3)51(5)37(54)16-17-67-34-21-39(56)53(43(34)58)24-28-12-14-30(15-13-28)42(49)57/h9-11,19-20,26-28,30,33-36,41,61H,12-18,21-24H2,1-8H3,(H2,49,57)(H,50,60)/b11-9+,25-10+/t26-,27+,28?,30?,33?,34?,35-,36+,41+,46+,47+/m1/s1. The van der Waals surface area contributed by atoms with E-state index >= 15 is 0 Å². The largest absolute Gasteiger partial charge is 0.495 e. The molecule has 3 saturated heterocycles. The van der Waals surface area contributed by atoms with Gasteiger partial charge in [0.1, 0.15) is 40.7 Å². The molecule has 20 heteroatoms. The number of carbonyl (C=O) groups excluding carboxylic acids is 7. The number of nitrogens with zero attached hydrogens (tertiary/aromatic N) is 3. The number of methoxy groups -OCH3 is 2. The Kier molecular flexibility index (Phi) is 16.4. The zero-order chi connectivity index (χ0) is 49.1. The minimum Gasteiger partial charge on any atom is -0.495 e. The lowest BCUT2D eigenvalue weighted by Gasteiger charge is -2.42. The highest BCUT2D eigenvalue weighted by Crippen LogP contribution is 2.49. The zero-order valence-corrected chi connectivity index (χ0v) is 41.0. The molecule has 1 saturated carbocycles. The van der Waals surface area contributed by atoms with Crippen molar-refractivity contribution in [1.29, 1.82) is 0 Å². The number of thioether (sulfide) groups is 1. The molecular formula is C47H64ClN5O13S. The number of benzene rings is 1. The summed E-state index contributed by atoms with van der Waals surface area (Å²) in [4.78, 5) is 96.5. The molecule has 1 aliphatic carbocycles. The number of nitrogens with one attached hydrogen (secondary N) is 1. The molecule has 18 nitrogen and oxygen atoms in total. The number of nitrogens with two attached hydrogens (primary N) is 1. The fourth-order valence-electron chi connectivity index (χ4n) is 9.55. The molecule has 4 aliphatic heterocycles. The molecule has 0 aromatic heterocycles. The van der Waals surface area contributed by atoms with Crippen LogP contribution in [-0.4, -0.2) is 144 Å². The Morgan fingerprint density at radius 3 is 2.46 bits per heavy atom. The van der Waals surface area contributed by atoms with E-state index in [2.05, 4.69) is 5.32 Å². The third-order valence-electron chi connectivity index (χ3n) is 14.1. The maximum absolute atomic E-state index is 14.3. The number of carbonyl (C=O) groups is 7. The van der Waals surface area contributed by atoms with Crippen molar-refractivity contribution in [3.63, 3.8) is 0 Å². The molecule has 0 radical (unpaired) electrons. The molecule has 4 N–H and O–H groups in total. The number of imide groups is 1. The summed E-state index contributed by atoms with van der Waals surface area (Å²) in [5, 5.41) is 13.9. The Balaban J connectivity index is 1.16. The van der Waals surface area contributed by atoms with Gasteiger partial charge >= 0.3 is 12.1 Å². The van der Waals surface area contributed by atoms with Crippen molar-refractivity contribution in [2.24, 2.45) is 23.5 Å². The monoisotopic (exact) mass is 973 g/mol. The topological polar surface area (TPSA) is 237 Å². The number of aliphatic hydroxyl groups is 1. The summed E-state index contributed by atoms with van der Waals surface area (Å²) in [6.07, 6.45) is 3.11. The second-order valence-electron chi connectivity index (χ2n) is 18.7. The molecule has 5 aliphatic rings. The van der Waals surface area contributed by atoms with E-state index in [1.807, 2.05) is 13.0 Å². The van der Waals surface area contributed by atoms with E-state index in [0.29, 0.717) is 50.1 Å². The van der Waals surface area contributed by atoms with E-state index < -0.39 is 76.8 Å². The van der Waals surface area contributed by atoms with Crippen LogP contribution in [0.25, 0.3) is 0 Å². The maximum Gasteiger partial charge on any atom is 0.409 e. The number of primary amides is 1. The van der Waals surface area contributed by atoms with Crippen molar-refractivity contribution >= 4 is 70.6 Å². The highest BCUT2D eigenvalue weighted by atomic mass is 35.5. The number of esters is 1. The number of likely N-dealkylation sites (N-methyl/N-ethyl adjacent to an activating group) is 1. The van der Waals surface area contributed by atoms with E-state index in [9.17, 15) is 38.7 Å². The Hall–Kier alpha value is -4.69. The van der Waals surface area contributed by atoms with Gasteiger partial charge in [-0.3, -0.25) is 34.2 Å². The van der Waals surface area contributed by atoms with Gasteiger partial charge in [0.25, 0.3) is 0 Å². The van der Waals surface area contributed by atoms with Gasteiger partial charge in [-0.1, -0.05) is 42.3 Å². The molecule has 9 atom stereocenters. The van der Waals surface area contributed by atoms with E-state index in [1.54, 1.807) is 45.2 Å². The number of ether oxygens (including phenoxy) is 5. The normalized spacial score (nSPS) is 33.1. The number of hydrogen-bond acceptors (Lipinski definition) is 14. The highest BCUT2D eigenvalue weighted by molar-refractivity contribution is 8.00. The molecule has 4 heterocycles. The first kappa shape index (κ1) is 51.7. The lowest BCUT2D eigenvalue weighted by atomic mass is 9.81. The number of amides is 6. The van der Waals surface area contributed by atoms with Crippen LogP contribution in [-0.2, 0) is 54.1 Å². The zero-order valence-electron chi connectivity index (χ0n) is 39.4. The van der Waals surface area contributed by atoms with Gasteiger partial charge in [-0.05, 0) is 76.5 Å². The van der Waals surface area contributed by atoms with Crippen LogP contribution in [0.4, 0.5) is 10.5 Å². The van der Waals surface area contributed by atoms with Crippen LogP contribution < -0.4 is 20.7 Å². The summed E-state index contributed by atoms with van der Waals surface area (Å²) in [5.41, 5.74) is 4.31. The van der Waals surface area contributed by atoms with Crippen LogP contribution >= 0.6 is 23.4 Å². The van der Waals surface area contributed by atoms with Gasteiger partial charge in [0, 0.05) is 64.6 Å². The quantitative estimate of drug-likeness (QED) is 0.152. The second kappa shape index (κ2) is 21.3. The van der Waals surface area contributed by atoms with Crippen LogP contribution in [0.5, 0.6) is 5.75 Å². The van der Waals surface area contributed by atoms with Crippen molar-refractivity contribution in [3.8, 4) is 5.75 Å². The van der Waals surface area contributed by atoms with Gasteiger partial charge in [-0.15, -0.1) is 11.8 Å². The molecule has 1 aromatic rings. The van der Waals surface area contributed by atoms with Crippen LogP contribution in [0.2, 0.25) is 5.02 Å². The molecular weight excluding hydrogens is 910 g/mol. The van der Waals surface area contributed by atoms with Gasteiger partial charge in [0.05, 0.1) is 30.6 Å². The lowest BCUT2D eigenvalue weighted by Crippen LogP contribution is -2.63. The van der Waals surface area contributed by atoms with Crippen LogP contribution in [0.3, 0.4) is 0 Å². The molecule has 2 unspecified atom stereocenters. The van der Waals surface area contributed by atoms with Crippen molar-refractivity contribution in [1.82, 2.24) is 15.1 Å². The molecule has 6 amide bonds. The number of rotatable bonds is 12. The fraction of sp³-hybridized carbons (Fsp3) is 0.638. The Labute approximate surface area is 400 Å². The summed E-state index contributed by atoms with van der Waals surface area (Å²) in [6, 6.07) is 2.42. The summed E-state index contributed by atoms with van der Waals surface area (Å²) < 4.78 is 29.4. The maximum atomic E-state index is 14.3. The van der Waals surface area contributed by atoms with Crippen molar-refractivity contribution in [3.05, 3.63) is 46.5 Å². The summed E-state index contributed by atoms with van der Waals surface area (Å²) in [6.45, 7) is 7.16. The van der Waals surface area contributed by atoms with E-state index in [-0.39, 0.29) is 66.0 Å². The van der Waals surface area contributed by atoms with Gasteiger partial charge in [0.15, 0.2) is 5.72 Å². The minimum atomic E-state index is -1.87. The van der Waals surface area contributed by atoms with Gasteiger partial charge in [0.2, 0.25) is 29.5 Å². The fourth-order valence-corrected chi connectivity index (χ4v) is 11.0. The Bertz CT molecular complexity index is 2170. The van der Waals surface area contributed by atoms with E-state index in [0.717, 1.165) is 11.1 Å². The van der Waals surface area contributed by atoms with Gasteiger partial charge in [-0.25, -0.2) is 9.59 Å². The Morgan fingerprint density at radius 1 is 1.10 bits per heavy atom. The lowest BCUT2D eigenvalue weighted by molar-refractivity contribution is -0.162. The SMILES string of the molecule is COc1cc2cc(c1Cl)N(C)C(=O)C[C@H](OC(=O)[C@H](C)N(C)C(=O)CCSC1CC(=O)N(CC3CCC(C(N)=O)CC3)C1=O)[C@]1(C)O[C@H]1[C@H](C)C1C[C@@](O)(NC(=O)O1)[C@H](OC)/C=C/C=C(\C)C2. The minimum absolute atomic E-state index is 0.0246. The number of hydrogen-bond donors (Lipinski definition) is 3. The van der Waals surface area contributed by atoms with Gasteiger partial charge < -0.3 is 44.3 Å². The third-order valence-corrected chi connectivity index (χ3v) is 15.6. The first-order chi connectivity index (χ1) is 31.6. The second-order valence-corrected chi connectivity index (χ2v) is 20.4. The van der Waals surface area contributed by atoms with Crippen LogP contribution in [0.15, 0.2) is 35.9 Å². The number of alkyl carbamates (subject to hydrolysis) is 1. The van der Waals surface area contributed by atoms with Crippen molar-refractivity contribution in [2.75, 3.05) is 45.5 Å². The number of anilines is 1. The van der Waals surface area contributed by atoms with Crippen molar-refractivity contribution in [2.45, 2.75) is 133 Å². The van der Waals surface area contributed by atoms with Crippen LogP contribution in [0, 0.1) is 17.8 Å². The summed E-state index contributed by atoms with van der Waals surface area (Å²) in [5.74, 6) is -2.71. The number of likely N-dealkylation sites (tertiary alicyclic amines) is 1. The molecule has 1 aromatic carbocycles. The van der Waals surface area contributed by atoms with Gasteiger partial charge in [-0.2, -0.15) is 0 Å². The number of allylic oxidation sites excluding steroid dienone is 3. The predicted octanol–water partition coefficient (Wildman–Crippen LogP) is 4.06. The first-order valence-corrected chi connectivity index (χ1v) is 24.1. The molecule has 67 heavy (non-hydrogen) atoms. The highest BCUT2D eigenvalue weighted by Gasteiger charge is 2.64. The third kappa shape index (κ3) is 11.6. The van der Waals surface area contributed by atoms with Crippen molar-refractivity contribution < 1.29 is 62.4 Å².